The predicted octanol–water partition coefficient (Wildman–Crippen LogP) is 14.3. The highest BCUT2D eigenvalue weighted by Crippen LogP contribution is 2.22. The molecule has 0 radical (unpaired) electrons. The highest BCUT2D eigenvalue weighted by molar-refractivity contribution is 5.72. The smallest absolute Gasteiger partial charge is 0.308 e. The summed E-state index contributed by atoms with van der Waals surface area (Å²) < 4.78 is 11.7. The number of unbranched alkanes of at least 4 members (excludes halogenated alkanes) is 24. The number of hydrogen-bond acceptors (Lipinski definition) is 6. The van der Waals surface area contributed by atoms with Gasteiger partial charge in [-0.25, -0.2) is 0 Å². The molecular formula is C49H97NO5. The van der Waals surface area contributed by atoms with E-state index >= 15 is 0 Å². The van der Waals surface area contributed by atoms with Gasteiger partial charge in [-0.15, -0.1) is 0 Å². The summed E-state index contributed by atoms with van der Waals surface area (Å²) in [6.07, 6.45) is 40.9. The Balaban J connectivity index is 4.42. The van der Waals surface area contributed by atoms with Crippen LogP contribution in [-0.4, -0.2) is 61.4 Å². The molecule has 328 valence electrons. The van der Waals surface area contributed by atoms with Crippen molar-refractivity contribution in [3.8, 4) is 0 Å². The van der Waals surface area contributed by atoms with Crippen molar-refractivity contribution < 1.29 is 24.2 Å². The van der Waals surface area contributed by atoms with Crippen LogP contribution in [-0.2, 0) is 19.1 Å². The Hall–Kier alpha value is -1.14. The van der Waals surface area contributed by atoms with Crippen molar-refractivity contribution in [2.45, 2.75) is 252 Å². The number of hydrogen-bond donors (Lipinski definition) is 1. The largest absolute Gasteiger partial charge is 0.465 e. The van der Waals surface area contributed by atoms with Crippen LogP contribution in [0.25, 0.3) is 0 Å². The Bertz CT molecular complexity index is 733. The van der Waals surface area contributed by atoms with Gasteiger partial charge in [0.1, 0.15) is 0 Å². The zero-order valence-electron chi connectivity index (χ0n) is 37.7. The van der Waals surface area contributed by atoms with Crippen molar-refractivity contribution in [2.24, 2.45) is 11.8 Å². The van der Waals surface area contributed by atoms with E-state index in [0.29, 0.717) is 13.2 Å². The molecule has 1 N–H and O–H groups in total. The zero-order chi connectivity index (χ0) is 40.3. The third-order valence-corrected chi connectivity index (χ3v) is 11.6. The molecule has 0 saturated carbocycles. The van der Waals surface area contributed by atoms with Gasteiger partial charge in [0.15, 0.2) is 0 Å². The van der Waals surface area contributed by atoms with Crippen LogP contribution in [0.2, 0.25) is 0 Å². The SMILES string of the molecule is CCCCCCCCC(CCCCCC)C(=O)OCCCCCCN(CCCCCO)CCCCCCOC(=O)[C@@H](CCCCCC)CCCCCCCC. The maximum Gasteiger partial charge on any atom is 0.308 e. The van der Waals surface area contributed by atoms with Crippen LogP contribution in [0.3, 0.4) is 0 Å². The van der Waals surface area contributed by atoms with Crippen LogP contribution in [0, 0.1) is 11.8 Å². The molecule has 0 aliphatic carbocycles. The van der Waals surface area contributed by atoms with Gasteiger partial charge in [-0.3, -0.25) is 9.59 Å². The molecule has 2 atom stereocenters. The number of aliphatic hydroxyl groups is 1. The maximum absolute atomic E-state index is 13.0. The van der Waals surface area contributed by atoms with Crippen molar-refractivity contribution in [1.82, 2.24) is 4.90 Å². The van der Waals surface area contributed by atoms with Gasteiger partial charge in [-0.05, 0) is 90.3 Å². The molecule has 6 heteroatoms. The van der Waals surface area contributed by atoms with Gasteiger partial charge in [0.2, 0.25) is 0 Å². The molecule has 0 aromatic heterocycles. The van der Waals surface area contributed by atoms with Gasteiger partial charge in [0, 0.05) is 6.61 Å². The molecule has 0 fully saturated rings. The standard InChI is InChI=1S/C49H97NO5/c1-5-9-13-17-19-28-38-46(36-26-15-11-7-3)48(52)54-44-34-23-21-30-40-50(42-32-25-33-43-51)41-31-22-24-35-45-55-49(53)47(37-27-16-12-8-4)39-29-20-18-14-10-6-2/h46-47,51H,5-45H2,1-4H3/t46-,47?/m0/s1. The third kappa shape index (κ3) is 36.9. The fourth-order valence-corrected chi connectivity index (χ4v) is 7.86. The molecule has 0 aromatic rings. The number of carbonyl (C=O) groups excluding carboxylic acids is 2. The first kappa shape index (κ1) is 53.9. The van der Waals surface area contributed by atoms with E-state index in [9.17, 15) is 14.7 Å². The Labute approximate surface area is 343 Å². The Kier molecular flexibility index (Phi) is 43.1. The average molecular weight is 780 g/mol. The van der Waals surface area contributed by atoms with Crippen LogP contribution >= 0.6 is 0 Å². The second-order valence-corrected chi connectivity index (χ2v) is 17.0. The average Bonchev–Trinajstić information content (AvgIpc) is 3.19. The maximum atomic E-state index is 13.0. The van der Waals surface area contributed by atoms with E-state index < -0.39 is 0 Å². The molecule has 0 aromatic carbocycles. The molecule has 0 bridgehead atoms. The third-order valence-electron chi connectivity index (χ3n) is 11.6. The van der Waals surface area contributed by atoms with Gasteiger partial charge in [0.25, 0.3) is 0 Å². The summed E-state index contributed by atoms with van der Waals surface area (Å²) in [5.74, 6) is 0.301. The van der Waals surface area contributed by atoms with E-state index in [2.05, 4.69) is 32.6 Å². The fourth-order valence-electron chi connectivity index (χ4n) is 7.86. The zero-order valence-corrected chi connectivity index (χ0v) is 37.7. The summed E-state index contributed by atoms with van der Waals surface area (Å²) in [6.45, 7) is 13.8. The number of aliphatic hydroxyl groups excluding tert-OH is 1. The molecule has 55 heavy (non-hydrogen) atoms. The van der Waals surface area contributed by atoms with E-state index in [1.54, 1.807) is 0 Å². The monoisotopic (exact) mass is 780 g/mol. The lowest BCUT2D eigenvalue weighted by atomic mass is 9.94. The van der Waals surface area contributed by atoms with Crippen molar-refractivity contribution >= 4 is 11.9 Å². The first-order chi connectivity index (χ1) is 27.0. The Morgan fingerprint density at radius 1 is 0.382 bits per heavy atom. The first-order valence-corrected chi connectivity index (χ1v) is 24.7. The topological polar surface area (TPSA) is 76.1 Å². The van der Waals surface area contributed by atoms with Gasteiger partial charge in [-0.1, -0.05) is 182 Å². The molecule has 0 spiro atoms. The molecule has 6 nitrogen and oxygen atoms in total. The molecule has 0 aliphatic heterocycles. The van der Waals surface area contributed by atoms with Gasteiger partial charge >= 0.3 is 11.9 Å². The number of carbonyl (C=O) groups is 2. The number of ether oxygens (including phenoxy) is 2. The lowest BCUT2D eigenvalue weighted by Gasteiger charge is -2.22. The van der Waals surface area contributed by atoms with Crippen LogP contribution in [0.1, 0.15) is 252 Å². The second-order valence-electron chi connectivity index (χ2n) is 17.0. The Morgan fingerprint density at radius 3 is 1.00 bits per heavy atom. The number of rotatable bonds is 45. The summed E-state index contributed by atoms with van der Waals surface area (Å²) in [6, 6.07) is 0. The van der Waals surface area contributed by atoms with E-state index in [1.807, 2.05) is 0 Å². The summed E-state index contributed by atoms with van der Waals surface area (Å²) in [5, 5.41) is 9.24. The van der Waals surface area contributed by atoms with Gasteiger partial charge in [0.05, 0.1) is 25.0 Å². The van der Waals surface area contributed by atoms with Crippen LogP contribution in [0.15, 0.2) is 0 Å². The second kappa shape index (κ2) is 44.0. The number of esters is 2. The van der Waals surface area contributed by atoms with Gasteiger partial charge < -0.3 is 19.5 Å². The molecule has 0 saturated heterocycles. The van der Waals surface area contributed by atoms with Crippen molar-refractivity contribution in [2.75, 3.05) is 39.5 Å². The minimum atomic E-state index is 0.0581. The normalized spacial score (nSPS) is 12.7. The minimum absolute atomic E-state index is 0.0581. The fraction of sp³-hybridized carbons (Fsp3) is 0.959. The first-order valence-electron chi connectivity index (χ1n) is 24.7. The molecule has 0 heterocycles. The number of nitrogens with zero attached hydrogens (tertiary/aromatic N) is 1. The Morgan fingerprint density at radius 2 is 0.655 bits per heavy atom. The van der Waals surface area contributed by atoms with E-state index in [0.717, 1.165) is 116 Å². The van der Waals surface area contributed by atoms with Crippen molar-refractivity contribution in [3.63, 3.8) is 0 Å². The molecule has 0 aliphatic rings. The molecule has 1 unspecified atom stereocenters. The molecular weight excluding hydrogens is 683 g/mol. The summed E-state index contributed by atoms with van der Waals surface area (Å²) in [4.78, 5) is 28.6. The van der Waals surface area contributed by atoms with E-state index in [4.69, 9.17) is 9.47 Å². The lowest BCUT2D eigenvalue weighted by molar-refractivity contribution is -0.150. The van der Waals surface area contributed by atoms with E-state index in [-0.39, 0.29) is 30.4 Å². The summed E-state index contributed by atoms with van der Waals surface area (Å²) in [5.41, 5.74) is 0. The van der Waals surface area contributed by atoms with Crippen LogP contribution < -0.4 is 0 Å². The van der Waals surface area contributed by atoms with E-state index in [1.165, 1.54) is 128 Å². The van der Waals surface area contributed by atoms with Gasteiger partial charge in [-0.2, -0.15) is 0 Å². The highest BCUT2D eigenvalue weighted by atomic mass is 16.5. The predicted molar refractivity (Wildman–Crippen MR) is 237 cm³/mol. The van der Waals surface area contributed by atoms with Crippen LogP contribution in [0.4, 0.5) is 0 Å². The summed E-state index contributed by atoms with van der Waals surface area (Å²) in [7, 11) is 0. The van der Waals surface area contributed by atoms with Crippen LogP contribution in [0.5, 0.6) is 0 Å². The lowest BCUT2D eigenvalue weighted by Crippen LogP contribution is -2.27. The molecule has 0 rings (SSSR count). The van der Waals surface area contributed by atoms with Crippen molar-refractivity contribution in [3.05, 3.63) is 0 Å². The van der Waals surface area contributed by atoms with Crippen molar-refractivity contribution in [1.29, 1.82) is 0 Å². The highest BCUT2D eigenvalue weighted by Gasteiger charge is 2.20. The molecule has 0 amide bonds. The minimum Gasteiger partial charge on any atom is -0.465 e. The summed E-state index contributed by atoms with van der Waals surface area (Å²) >= 11 is 0. The quantitative estimate of drug-likeness (QED) is 0.0490.